The minimum atomic E-state index is 0.868. The molecule has 0 aromatic rings. The van der Waals surface area contributed by atoms with Crippen LogP contribution in [-0.2, 0) is 0 Å². The van der Waals surface area contributed by atoms with E-state index in [2.05, 4.69) is 26.5 Å². The number of rotatable bonds is 2. The van der Waals surface area contributed by atoms with Crippen LogP contribution >= 0.6 is 0 Å². The molecule has 1 aliphatic rings. The largest absolute Gasteiger partial charge is 0.0958 e. The Kier molecular flexibility index (Phi) is 1.75. The molecule has 50 valence electrons. The topological polar surface area (TPSA) is 0 Å². The van der Waals surface area contributed by atoms with Crippen LogP contribution in [0.4, 0.5) is 0 Å². The summed E-state index contributed by atoms with van der Waals surface area (Å²) in [6, 6.07) is 0. The van der Waals surface area contributed by atoms with Crippen molar-refractivity contribution in [2.75, 3.05) is 0 Å². The molecule has 0 heteroatoms. The van der Waals surface area contributed by atoms with Crippen LogP contribution in [0.2, 0.25) is 0 Å². The highest BCUT2D eigenvalue weighted by Crippen LogP contribution is 2.39. The molecule has 0 aromatic heterocycles. The van der Waals surface area contributed by atoms with Crippen LogP contribution in [0.15, 0.2) is 23.8 Å². The predicted molar refractivity (Wildman–Crippen MR) is 41.3 cm³/mol. The van der Waals surface area contributed by atoms with Gasteiger partial charge in [-0.3, -0.25) is 0 Å². The summed E-state index contributed by atoms with van der Waals surface area (Å²) in [5.41, 5.74) is 2.73. The lowest BCUT2D eigenvalue weighted by atomic mass is 10.1. The van der Waals surface area contributed by atoms with Crippen LogP contribution in [-0.4, -0.2) is 0 Å². The molecule has 0 radical (unpaired) electrons. The first-order valence-electron chi connectivity index (χ1n) is 3.57. The van der Waals surface area contributed by atoms with Gasteiger partial charge in [-0.1, -0.05) is 18.2 Å². The summed E-state index contributed by atoms with van der Waals surface area (Å²) in [5.74, 6) is 0.868. The lowest BCUT2D eigenvalue weighted by Gasteiger charge is -2.01. The van der Waals surface area contributed by atoms with E-state index in [-0.39, 0.29) is 0 Å². The van der Waals surface area contributed by atoms with E-state index in [1.165, 1.54) is 24.0 Å². The van der Waals surface area contributed by atoms with Gasteiger partial charge in [0.1, 0.15) is 0 Å². The zero-order valence-corrected chi connectivity index (χ0v) is 6.28. The van der Waals surface area contributed by atoms with Gasteiger partial charge in [0.05, 0.1) is 0 Å². The fourth-order valence-corrected chi connectivity index (χ4v) is 1.22. The first kappa shape index (κ1) is 6.60. The third-order valence-corrected chi connectivity index (χ3v) is 1.82. The SMILES string of the molecule is C=C(C)/C(=C\C)C1CC1. The van der Waals surface area contributed by atoms with Crippen LogP contribution in [0.25, 0.3) is 0 Å². The van der Waals surface area contributed by atoms with E-state index in [9.17, 15) is 0 Å². The maximum atomic E-state index is 3.92. The van der Waals surface area contributed by atoms with Crippen molar-refractivity contribution in [1.29, 1.82) is 0 Å². The average molecular weight is 122 g/mol. The van der Waals surface area contributed by atoms with Crippen molar-refractivity contribution in [3.8, 4) is 0 Å². The van der Waals surface area contributed by atoms with E-state index in [0.29, 0.717) is 0 Å². The molecule has 0 aromatic carbocycles. The second kappa shape index (κ2) is 2.38. The Morgan fingerprint density at radius 2 is 2.11 bits per heavy atom. The van der Waals surface area contributed by atoms with Gasteiger partial charge in [-0.25, -0.2) is 0 Å². The second-order valence-corrected chi connectivity index (χ2v) is 2.80. The Balaban J connectivity index is 2.59. The summed E-state index contributed by atoms with van der Waals surface area (Å²) in [6.07, 6.45) is 4.96. The molecule has 0 bridgehead atoms. The van der Waals surface area contributed by atoms with E-state index >= 15 is 0 Å². The first-order valence-corrected chi connectivity index (χ1v) is 3.57. The van der Waals surface area contributed by atoms with Crippen molar-refractivity contribution >= 4 is 0 Å². The molecular formula is C9H14. The second-order valence-electron chi connectivity index (χ2n) is 2.80. The van der Waals surface area contributed by atoms with Crippen LogP contribution in [0.3, 0.4) is 0 Å². The molecule has 0 saturated heterocycles. The maximum absolute atomic E-state index is 3.92. The van der Waals surface area contributed by atoms with Crippen molar-refractivity contribution in [3.63, 3.8) is 0 Å². The normalized spacial score (nSPS) is 20.0. The maximum Gasteiger partial charge on any atom is -0.0162 e. The fraction of sp³-hybridized carbons (Fsp3) is 0.556. The lowest BCUT2D eigenvalue weighted by molar-refractivity contribution is 1.01. The van der Waals surface area contributed by atoms with Gasteiger partial charge < -0.3 is 0 Å². The van der Waals surface area contributed by atoms with Crippen molar-refractivity contribution < 1.29 is 0 Å². The summed E-state index contributed by atoms with van der Waals surface area (Å²) in [7, 11) is 0. The van der Waals surface area contributed by atoms with Gasteiger partial charge in [0.2, 0.25) is 0 Å². The molecule has 0 unspecified atom stereocenters. The zero-order valence-electron chi connectivity index (χ0n) is 6.28. The van der Waals surface area contributed by atoms with Crippen LogP contribution in [0, 0.1) is 5.92 Å². The lowest BCUT2D eigenvalue weighted by Crippen LogP contribution is -1.84. The van der Waals surface area contributed by atoms with Gasteiger partial charge in [0, 0.05) is 0 Å². The summed E-state index contributed by atoms with van der Waals surface area (Å²) >= 11 is 0. The van der Waals surface area contributed by atoms with Gasteiger partial charge in [-0.05, 0) is 38.2 Å². The molecule has 0 aliphatic heterocycles. The minimum absolute atomic E-state index is 0.868. The highest BCUT2D eigenvalue weighted by Gasteiger charge is 2.25. The van der Waals surface area contributed by atoms with Crippen LogP contribution in [0.5, 0.6) is 0 Å². The Morgan fingerprint density at radius 3 is 2.22 bits per heavy atom. The van der Waals surface area contributed by atoms with Gasteiger partial charge in [-0.15, -0.1) is 0 Å². The van der Waals surface area contributed by atoms with E-state index in [0.717, 1.165) is 5.92 Å². The number of hydrogen-bond donors (Lipinski definition) is 0. The van der Waals surface area contributed by atoms with Crippen molar-refractivity contribution in [2.45, 2.75) is 26.7 Å². The molecule has 1 rings (SSSR count). The molecule has 0 atom stereocenters. The van der Waals surface area contributed by atoms with E-state index in [1.54, 1.807) is 0 Å². The highest BCUT2D eigenvalue weighted by atomic mass is 14.3. The molecule has 1 aliphatic carbocycles. The van der Waals surface area contributed by atoms with Crippen LogP contribution < -0.4 is 0 Å². The molecule has 0 heterocycles. The fourth-order valence-electron chi connectivity index (χ4n) is 1.22. The minimum Gasteiger partial charge on any atom is -0.0958 e. The summed E-state index contributed by atoms with van der Waals surface area (Å²) < 4.78 is 0. The molecule has 1 fully saturated rings. The number of hydrogen-bond acceptors (Lipinski definition) is 0. The van der Waals surface area contributed by atoms with Gasteiger partial charge in [0.25, 0.3) is 0 Å². The molecule has 0 spiro atoms. The number of allylic oxidation sites excluding steroid dienone is 3. The van der Waals surface area contributed by atoms with Crippen molar-refractivity contribution in [1.82, 2.24) is 0 Å². The summed E-state index contributed by atoms with van der Waals surface area (Å²) in [4.78, 5) is 0. The monoisotopic (exact) mass is 122 g/mol. The van der Waals surface area contributed by atoms with Crippen LogP contribution in [0.1, 0.15) is 26.7 Å². The first-order chi connectivity index (χ1) is 4.25. The molecule has 9 heavy (non-hydrogen) atoms. The van der Waals surface area contributed by atoms with Gasteiger partial charge in [-0.2, -0.15) is 0 Å². The highest BCUT2D eigenvalue weighted by molar-refractivity contribution is 5.30. The van der Waals surface area contributed by atoms with Crippen molar-refractivity contribution in [2.24, 2.45) is 5.92 Å². The third-order valence-electron chi connectivity index (χ3n) is 1.82. The average Bonchev–Trinajstić information content (AvgIpc) is 2.50. The molecule has 1 saturated carbocycles. The molecule has 0 N–H and O–H groups in total. The van der Waals surface area contributed by atoms with E-state index < -0.39 is 0 Å². The molecule has 0 amide bonds. The Labute approximate surface area is 57.3 Å². The predicted octanol–water partition coefficient (Wildman–Crippen LogP) is 2.92. The van der Waals surface area contributed by atoms with Gasteiger partial charge >= 0.3 is 0 Å². The van der Waals surface area contributed by atoms with E-state index in [4.69, 9.17) is 0 Å². The standard InChI is InChI=1S/C9H14/c1-4-9(7(2)3)8-5-6-8/h4,8H,2,5-6H2,1,3H3/b9-4+. The Hall–Kier alpha value is -0.520. The van der Waals surface area contributed by atoms with Gasteiger partial charge in [0.15, 0.2) is 0 Å². The zero-order chi connectivity index (χ0) is 6.85. The summed E-state index contributed by atoms with van der Waals surface area (Å²) in [6.45, 7) is 8.11. The quantitative estimate of drug-likeness (QED) is 0.494. The smallest absolute Gasteiger partial charge is 0.0162 e. The third kappa shape index (κ3) is 1.44. The van der Waals surface area contributed by atoms with Crippen molar-refractivity contribution in [3.05, 3.63) is 23.8 Å². The Morgan fingerprint density at radius 1 is 1.56 bits per heavy atom. The molecular weight excluding hydrogens is 108 g/mol. The Bertz CT molecular complexity index is 147. The summed E-state index contributed by atoms with van der Waals surface area (Å²) in [5, 5.41) is 0. The molecule has 0 nitrogen and oxygen atoms in total. The van der Waals surface area contributed by atoms with E-state index in [1.807, 2.05) is 0 Å².